The van der Waals surface area contributed by atoms with Gasteiger partial charge in [0.25, 0.3) is 0 Å². The van der Waals surface area contributed by atoms with Crippen LogP contribution in [0.1, 0.15) is 12.8 Å². The van der Waals surface area contributed by atoms with Crippen LogP contribution in [-0.2, 0) is 14.3 Å². The summed E-state index contributed by atoms with van der Waals surface area (Å²) in [5.41, 5.74) is 4.98. The molecule has 0 aromatic heterocycles. The van der Waals surface area contributed by atoms with Crippen molar-refractivity contribution in [2.24, 2.45) is 5.73 Å². The Bertz CT molecular complexity index is 323. The fourth-order valence-corrected chi connectivity index (χ4v) is 2.44. The van der Waals surface area contributed by atoms with Crippen LogP contribution in [0.5, 0.6) is 0 Å². The van der Waals surface area contributed by atoms with Crippen LogP contribution >= 0.6 is 0 Å². The highest BCUT2D eigenvalue weighted by Crippen LogP contribution is 2.14. The molecule has 108 valence electrons. The molecule has 2 heterocycles. The van der Waals surface area contributed by atoms with E-state index in [4.69, 9.17) is 15.2 Å². The van der Waals surface area contributed by atoms with Gasteiger partial charge in [-0.3, -0.25) is 9.69 Å². The molecule has 0 radical (unpaired) electrons. The second-order valence-corrected chi connectivity index (χ2v) is 4.91. The lowest BCUT2D eigenvalue weighted by Gasteiger charge is -2.33. The van der Waals surface area contributed by atoms with Crippen molar-refractivity contribution < 1.29 is 19.1 Å². The summed E-state index contributed by atoms with van der Waals surface area (Å²) in [5, 5.41) is 0. The number of carbonyl (C=O) groups excluding carboxylic acids is 2. The first-order valence-corrected chi connectivity index (χ1v) is 6.69. The van der Waals surface area contributed by atoms with Crippen molar-refractivity contribution in [2.45, 2.75) is 18.9 Å². The Morgan fingerprint density at radius 2 is 1.79 bits per heavy atom. The van der Waals surface area contributed by atoms with Crippen molar-refractivity contribution in [1.29, 1.82) is 0 Å². The number of primary amides is 1. The quantitative estimate of drug-likeness (QED) is 0.741. The highest BCUT2D eigenvalue weighted by atomic mass is 16.6. The number of amides is 2. The minimum Gasteiger partial charge on any atom is -0.446 e. The maximum absolute atomic E-state index is 12.1. The number of hydrogen-bond donors (Lipinski definition) is 1. The fourth-order valence-electron chi connectivity index (χ4n) is 2.44. The molecule has 0 saturated carbocycles. The highest BCUT2D eigenvalue weighted by molar-refractivity contribution is 5.78. The molecule has 2 rings (SSSR count). The van der Waals surface area contributed by atoms with Crippen LogP contribution in [0, 0.1) is 0 Å². The van der Waals surface area contributed by atoms with E-state index in [1.807, 2.05) is 4.90 Å². The first-order valence-electron chi connectivity index (χ1n) is 6.69. The molecule has 0 aromatic rings. The minimum absolute atomic E-state index is 0.138. The SMILES string of the molecule is NC(=O)OC1CCN(C(=O)CN2CCOCC2)CC1. The first kappa shape index (κ1) is 14.1. The maximum atomic E-state index is 12.1. The van der Waals surface area contributed by atoms with Crippen LogP contribution in [0.15, 0.2) is 0 Å². The van der Waals surface area contributed by atoms with E-state index < -0.39 is 6.09 Å². The monoisotopic (exact) mass is 271 g/mol. The van der Waals surface area contributed by atoms with Crippen molar-refractivity contribution in [3.8, 4) is 0 Å². The first-order chi connectivity index (χ1) is 9.15. The Hall–Kier alpha value is -1.34. The second kappa shape index (κ2) is 6.72. The number of nitrogens with two attached hydrogens (primary N) is 1. The third kappa shape index (κ3) is 4.36. The zero-order valence-electron chi connectivity index (χ0n) is 11.0. The summed E-state index contributed by atoms with van der Waals surface area (Å²) in [7, 11) is 0. The lowest BCUT2D eigenvalue weighted by atomic mass is 10.1. The summed E-state index contributed by atoms with van der Waals surface area (Å²) in [5.74, 6) is 0.138. The number of piperidine rings is 1. The number of hydrogen-bond acceptors (Lipinski definition) is 5. The Kier molecular flexibility index (Phi) is 4.98. The van der Waals surface area contributed by atoms with Gasteiger partial charge < -0.3 is 20.1 Å². The van der Waals surface area contributed by atoms with Crippen LogP contribution in [0.25, 0.3) is 0 Å². The maximum Gasteiger partial charge on any atom is 0.404 e. The van der Waals surface area contributed by atoms with Crippen LogP contribution in [0.3, 0.4) is 0 Å². The number of rotatable bonds is 3. The molecule has 0 spiro atoms. The second-order valence-electron chi connectivity index (χ2n) is 4.91. The topological polar surface area (TPSA) is 85.1 Å². The predicted molar refractivity (Wildman–Crippen MR) is 67.5 cm³/mol. The molecule has 19 heavy (non-hydrogen) atoms. The number of morpholine rings is 1. The lowest BCUT2D eigenvalue weighted by molar-refractivity contribution is -0.135. The van der Waals surface area contributed by atoms with Crippen LogP contribution < -0.4 is 5.73 Å². The van der Waals surface area contributed by atoms with Gasteiger partial charge in [-0.2, -0.15) is 0 Å². The Balaban J connectivity index is 1.71. The summed E-state index contributed by atoms with van der Waals surface area (Å²) < 4.78 is 10.2. The molecule has 0 bridgehead atoms. The van der Waals surface area contributed by atoms with E-state index in [2.05, 4.69) is 4.90 Å². The van der Waals surface area contributed by atoms with E-state index in [1.54, 1.807) is 0 Å². The van der Waals surface area contributed by atoms with Crippen molar-refractivity contribution in [2.75, 3.05) is 45.9 Å². The standard InChI is InChI=1S/C12H21N3O4/c13-12(17)19-10-1-3-15(4-2-10)11(16)9-14-5-7-18-8-6-14/h10H,1-9H2,(H2,13,17). The van der Waals surface area contributed by atoms with Crippen molar-refractivity contribution in [1.82, 2.24) is 9.80 Å². The smallest absolute Gasteiger partial charge is 0.404 e. The molecule has 0 unspecified atom stereocenters. The molecule has 2 aliphatic heterocycles. The van der Waals surface area contributed by atoms with Gasteiger partial charge in [0, 0.05) is 39.0 Å². The van der Waals surface area contributed by atoms with Gasteiger partial charge in [0.15, 0.2) is 0 Å². The molecular weight excluding hydrogens is 250 g/mol. The molecule has 0 atom stereocenters. The largest absolute Gasteiger partial charge is 0.446 e. The summed E-state index contributed by atoms with van der Waals surface area (Å²) in [6.45, 7) is 4.72. The van der Waals surface area contributed by atoms with Crippen LogP contribution in [0.2, 0.25) is 0 Å². The van der Waals surface area contributed by atoms with Gasteiger partial charge in [0.1, 0.15) is 6.10 Å². The zero-order chi connectivity index (χ0) is 13.7. The Morgan fingerprint density at radius 3 is 2.37 bits per heavy atom. The van der Waals surface area contributed by atoms with Gasteiger partial charge in [-0.15, -0.1) is 0 Å². The van der Waals surface area contributed by atoms with Gasteiger partial charge in [-0.25, -0.2) is 4.79 Å². The Morgan fingerprint density at radius 1 is 1.16 bits per heavy atom. The van der Waals surface area contributed by atoms with Crippen LogP contribution in [-0.4, -0.2) is 73.8 Å². The van der Waals surface area contributed by atoms with Gasteiger partial charge in [0.05, 0.1) is 19.8 Å². The van der Waals surface area contributed by atoms with Crippen LogP contribution in [0.4, 0.5) is 4.79 Å². The van der Waals surface area contributed by atoms with E-state index >= 15 is 0 Å². The highest BCUT2D eigenvalue weighted by Gasteiger charge is 2.26. The zero-order valence-corrected chi connectivity index (χ0v) is 11.0. The number of carbonyl (C=O) groups is 2. The molecule has 0 aromatic carbocycles. The molecule has 7 nitrogen and oxygen atoms in total. The number of likely N-dealkylation sites (tertiary alicyclic amines) is 1. The van der Waals surface area contributed by atoms with Crippen molar-refractivity contribution in [3.63, 3.8) is 0 Å². The molecule has 2 N–H and O–H groups in total. The van der Waals surface area contributed by atoms with Crippen molar-refractivity contribution >= 4 is 12.0 Å². The minimum atomic E-state index is -0.738. The molecule has 2 amide bonds. The average Bonchev–Trinajstić information content (AvgIpc) is 2.40. The van der Waals surface area contributed by atoms with E-state index in [-0.39, 0.29) is 12.0 Å². The van der Waals surface area contributed by atoms with Gasteiger partial charge in [0.2, 0.25) is 5.91 Å². The molecule has 0 aliphatic carbocycles. The Labute approximate surface area is 112 Å². The molecule has 2 aliphatic rings. The lowest BCUT2D eigenvalue weighted by Crippen LogP contribution is -2.48. The summed E-state index contributed by atoms with van der Waals surface area (Å²) in [4.78, 5) is 26.7. The summed E-state index contributed by atoms with van der Waals surface area (Å²) in [6.07, 6.45) is 0.443. The van der Waals surface area contributed by atoms with Crippen molar-refractivity contribution in [3.05, 3.63) is 0 Å². The molecule has 7 heteroatoms. The molecular formula is C12H21N3O4. The third-order valence-corrected chi connectivity index (χ3v) is 3.54. The van der Waals surface area contributed by atoms with E-state index in [0.29, 0.717) is 45.7 Å². The van der Waals surface area contributed by atoms with E-state index in [0.717, 1.165) is 13.1 Å². The summed E-state index contributed by atoms with van der Waals surface area (Å²) in [6, 6.07) is 0. The third-order valence-electron chi connectivity index (χ3n) is 3.54. The molecule has 2 fully saturated rings. The van der Waals surface area contributed by atoms with Gasteiger partial charge in [-0.1, -0.05) is 0 Å². The fraction of sp³-hybridized carbons (Fsp3) is 0.833. The van der Waals surface area contributed by atoms with E-state index in [9.17, 15) is 9.59 Å². The predicted octanol–water partition coefficient (Wildman–Crippen LogP) is -0.595. The number of ether oxygens (including phenoxy) is 2. The number of nitrogens with zero attached hydrogens (tertiary/aromatic N) is 2. The molecule has 2 saturated heterocycles. The average molecular weight is 271 g/mol. The van der Waals surface area contributed by atoms with Gasteiger partial charge in [-0.05, 0) is 0 Å². The normalized spacial score (nSPS) is 22.2. The van der Waals surface area contributed by atoms with E-state index in [1.165, 1.54) is 0 Å². The summed E-state index contributed by atoms with van der Waals surface area (Å²) >= 11 is 0. The van der Waals surface area contributed by atoms with Gasteiger partial charge >= 0.3 is 6.09 Å².